The van der Waals surface area contributed by atoms with Crippen molar-refractivity contribution in [2.24, 2.45) is 10.9 Å². The van der Waals surface area contributed by atoms with Crippen molar-refractivity contribution in [1.82, 2.24) is 0 Å². The molecule has 0 radical (unpaired) electrons. The molecule has 0 bridgehead atoms. The first-order valence-corrected chi connectivity index (χ1v) is 5.80. The Labute approximate surface area is 96.0 Å². The smallest absolute Gasteiger partial charge is 0.170 e. The van der Waals surface area contributed by atoms with E-state index in [9.17, 15) is 0 Å². The monoisotopic (exact) mass is 218 g/mol. The highest BCUT2D eigenvalue weighted by Crippen LogP contribution is 2.51. The molecule has 0 heterocycles. The molecule has 1 saturated carbocycles. The minimum Gasteiger partial charge on any atom is -0.409 e. The zero-order valence-electron chi connectivity index (χ0n) is 9.61. The van der Waals surface area contributed by atoms with Gasteiger partial charge >= 0.3 is 0 Å². The number of benzene rings is 1. The highest BCUT2D eigenvalue weighted by Gasteiger charge is 2.42. The van der Waals surface area contributed by atoms with Gasteiger partial charge in [0, 0.05) is 5.56 Å². The van der Waals surface area contributed by atoms with Gasteiger partial charge in [0.1, 0.15) is 0 Å². The van der Waals surface area contributed by atoms with Gasteiger partial charge in [-0.25, -0.2) is 0 Å². The molecule has 0 spiro atoms. The summed E-state index contributed by atoms with van der Waals surface area (Å²) in [6.45, 7) is 2.23. The maximum absolute atomic E-state index is 8.58. The van der Waals surface area contributed by atoms with E-state index in [1.54, 1.807) is 0 Å². The average molecular weight is 218 g/mol. The highest BCUT2D eigenvalue weighted by atomic mass is 16.4. The van der Waals surface area contributed by atoms with Crippen LogP contribution in [0, 0.1) is 0 Å². The summed E-state index contributed by atoms with van der Waals surface area (Å²) in [7, 11) is 0. The number of rotatable bonds is 4. The van der Waals surface area contributed by atoms with E-state index in [2.05, 4.69) is 24.2 Å². The number of hydrogen-bond acceptors (Lipinski definition) is 2. The highest BCUT2D eigenvalue weighted by molar-refractivity contribution is 5.97. The Bertz CT molecular complexity index is 391. The van der Waals surface area contributed by atoms with Crippen LogP contribution in [0.4, 0.5) is 0 Å². The fraction of sp³-hybridized carbons (Fsp3) is 0.462. The van der Waals surface area contributed by atoms with Crippen LogP contribution in [0.5, 0.6) is 0 Å². The quantitative estimate of drug-likeness (QED) is 0.353. The molecule has 0 atom stereocenters. The second-order valence-corrected chi connectivity index (χ2v) is 4.59. The third-order valence-corrected chi connectivity index (χ3v) is 3.48. The van der Waals surface area contributed by atoms with Crippen LogP contribution >= 0.6 is 0 Å². The van der Waals surface area contributed by atoms with Crippen LogP contribution in [0.15, 0.2) is 29.4 Å². The van der Waals surface area contributed by atoms with E-state index in [-0.39, 0.29) is 5.84 Å². The molecular weight excluding hydrogens is 200 g/mol. The van der Waals surface area contributed by atoms with Crippen molar-refractivity contribution in [3.8, 4) is 0 Å². The molecule has 0 aliphatic heterocycles. The van der Waals surface area contributed by atoms with E-state index in [1.807, 2.05) is 12.1 Å². The van der Waals surface area contributed by atoms with Crippen LogP contribution in [-0.4, -0.2) is 11.0 Å². The van der Waals surface area contributed by atoms with Crippen LogP contribution in [0.25, 0.3) is 0 Å². The molecule has 0 amide bonds. The summed E-state index contributed by atoms with van der Waals surface area (Å²) in [5.41, 5.74) is 8.13. The fourth-order valence-corrected chi connectivity index (χ4v) is 2.36. The zero-order valence-corrected chi connectivity index (χ0v) is 9.61. The minimum absolute atomic E-state index is 0.173. The molecule has 1 aliphatic carbocycles. The summed E-state index contributed by atoms with van der Waals surface area (Å²) in [5.74, 6) is 0.173. The standard InChI is InChI=1S/C13H18N2O/c1-2-7-13(8-9-13)11-5-3-10(4-6-11)12(14)15-16/h3-6,16H,2,7-9H2,1H3,(H2,14,15). The number of nitrogens with two attached hydrogens (primary N) is 1. The average Bonchev–Trinajstić information content (AvgIpc) is 3.10. The van der Waals surface area contributed by atoms with Crippen LogP contribution in [0.1, 0.15) is 43.7 Å². The molecular formula is C13H18N2O. The van der Waals surface area contributed by atoms with Gasteiger partial charge in [-0.1, -0.05) is 42.8 Å². The minimum atomic E-state index is 0.173. The second kappa shape index (κ2) is 4.16. The Morgan fingerprint density at radius 1 is 1.38 bits per heavy atom. The first-order chi connectivity index (χ1) is 7.72. The number of nitrogens with zero attached hydrogens (tertiary/aromatic N) is 1. The topological polar surface area (TPSA) is 58.6 Å². The van der Waals surface area contributed by atoms with Crippen LogP contribution in [0.2, 0.25) is 0 Å². The molecule has 1 aromatic rings. The molecule has 3 heteroatoms. The maximum Gasteiger partial charge on any atom is 0.170 e. The van der Waals surface area contributed by atoms with Gasteiger partial charge in [0.05, 0.1) is 0 Å². The predicted molar refractivity (Wildman–Crippen MR) is 64.8 cm³/mol. The van der Waals surface area contributed by atoms with E-state index in [4.69, 9.17) is 10.9 Å². The summed E-state index contributed by atoms with van der Waals surface area (Å²) >= 11 is 0. The molecule has 86 valence electrons. The fourth-order valence-electron chi connectivity index (χ4n) is 2.36. The second-order valence-electron chi connectivity index (χ2n) is 4.59. The lowest BCUT2D eigenvalue weighted by Gasteiger charge is -2.14. The lowest BCUT2D eigenvalue weighted by molar-refractivity contribution is 0.318. The first kappa shape index (κ1) is 11.0. The molecule has 0 unspecified atom stereocenters. The van der Waals surface area contributed by atoms with Crippen LogP contribution < -0.4 is 5.73 Å². The van der Waals surface area contributed by atoms with Gasteiger partial charge in [0.15, 0.2) is 5.84 Å². The van der Waals surface area contributed by atoms with Gasteiger partial charge < -0.3 is 10.9 Å². The van der Waals surface area contributed by atoms with Gasteiger partial charge in [0.2, 0.25) is 0 Å². The Morgan fingerprint density at radius 3 is 2.44 bits per heavy atom. The van der Waals surface area contributed by atoms with Gasteiger partial charge in [-0.15, -0.1) is 0 Å². The van der Waals surface area contributed by atoms with Crippen LogP contribution in [-0.2, 0) is 5.41 Å². The third kappa shape index (κ3) is 1.90. The molecule has 0 saturated heterocycles. The van der Waals surface area contributed by atoms with Crippen molar-refractivity contribution >= 4 is 5.84 Å². The first-order valence-electron chi connectivity index (χ1n) is 5.80. The third-order valence-electron chi connectivity index (χ3n) is 3.48. The molecule has 0 aromatic heterocycles. The predicted octanol–water partition coefficient (Wildman–Crippen LogP) is 2.61. The Kier molecular flexibility index (Phi) is 2.86. The largest absolute Gasteiger partial charge is 0.409 e. The molecule has 1 aliphatic rings. The molecule has 1 fully saturated rings. The molecule has 1 aromatic carbocycles. The number of amidine groups is 1. The van der Waals surface area contributed by atoms with Gasteiger partial charge in [0.25, 0.3) is 0 Å². The molecule has 3 N–H and O–H groups in total. The van der Waals surface area contributed by atoms with E-state index >= 15 is 0 Å². The molecule has 16 heavy (non-hydrogen) atoms. The summed E-state index contributed by atoms with van der Waals surface area (Å²) < 4.78 is 0. The lowest BCUT2D eigenvalue weighted by atomic mass is 9.90. The SMILES string of the molecule is CCCC1(c2ccc(C(N)=NO)cc2)CC1. The van der Waals surface area contributed by atoms with Gasteiger partial charge in [-0.2, -0.15) is 0 Å². The van der Waals surface area contributed by atoms with Crippen molar-refractivity contribution in [3.63, 3.8) is 0 Å². The van der Waals surface area contributed by atoms with Gasteiger partial charge in [-0.05, 0) is 30.2 Å². The maximum atomic E-state index is 8.58. The van der Waals surface area contributed by atoms with Gasteiger partial charge in [-0.3, -0.25) is 0 Å². The van der Waals surface area contributed by atoms with E-state index in [1.165, 1.54) is 31.2 Å². The number of hydrogen-bond donors (Lipinski definition) is 2. The van der Waals surface area contributed by atoms with Crippen LogP contribution in [0.3, 0.4) is 0 Å². The van der Waals surface area contributed by atoms with E-state index < -0.39 is 0 Å². The summed E-state index contributed by atoms with van der Waals surface area (Å²) in [5, 5.41) is 11.6. The zero-order chi connectivity index (χ0) is 11.6. The summed E-state index contributed by atoms with van der Waals surface area (Å²) in [4.78, 5) is 0. The van der Waals surface area contributed by atoms with Crippen molar-refractivity contribution in [2.75, 3.05) is 0 Å². The van der Waals surface area contributed by atoms with Crippen molar-refractivity contribution in [3.05, 3.63) is 35.4 Å². The van der Waals surface area contributed by atoms with Crippen molar-refractivity contribution in [2.45, 2.75) is 38.0 Å². The number of oxime groups is 1. The van der Waals surface area contributed by atoms with E-state index in [0.717, 1.165) is 5.56 Å². The Morgan fingerprint density at radius 2 is 2.00 bits per heavy atom. The summed E-state index contributed by atoms with van der Waals surface area (Å²) in [6.07, 6.45) is 5.07. The van der Waals surface area contributed by atoms with Crippen molar-refractivity contribution < 1.29 is 5.21 Å². The van der Waals surface area contributed by atoms with Crippen molar-refractivity contribution in [1.29, 1.82) is 0 Å². The normalized spacial score (nSPS) is 18.4. The molecule has 3 nitrogen and oxygen atoms in total. The molecule has 2 rings (SSSR count). The van der Waals surface area contributed by atoms with E-state index in [0.29, 0.717) is 5.41 Å². The summed E-state index contributed by atoms with van der Waals surface area (Å²) in [6, 6.07) is 8.08. The lowest BCUT2D eigenvalue weighted by Crippen LogP contribution is -2.13. The Hall–Kier alpha value is -1.51. The Balaban J connectivity index is 2.20.